The minimum absolute atomic E-state index is 0.175. The lowest BCUT2D eigenvalue weighted by molar-refractivity contribution is -0.148. The van der Waals surface area contributed by atoms with Crippen LogP contribution in [0, 0.1) is 0 Å². The lowest BCUT2D eigenvalue weighted by Crippen LogP contribution is -2.31. The topological polar surface area (TPSA) is 44.8 Å². The Balaban J connectivity index is 2.41. The standard InChI is InChI=1S/C7H11IO4/c1-5(9)12-7-3-11-4-10-2-6(7)8/h6-7H,2-4H2,1H3/t6-,7-/m1/s1. The van der Waals surface area contributed by atoms with E-state index in [0.29, 0.717) is 13.2 Å². The first kappa shape index (κ1) is 10.2. The summed E-state index contributed by atoms with van der Waals surface area (Å²) in [5.41, 5.74) is 0. The van der Waals surface area contributed by atoms with Gasteiger partial charge in [-0.2, -0.15) is 0 Å². The number of hydrogen-bond donors (Lipinski definition) is 0. The Morgan fingerprint density at radius 2 is 2.17 bits per heavy atom. The summed E-state index contributed by atoms with van der Waals surface area (Å²) in [7, 11) is 0. The zero-order valence-electron chi connectivity index (χ0n) is 6.79. The normalized spacial score (nSPS) is 30.8. The lowest BCUT2D eigenvalue weighted by atomic mass is 10.3. The van der Waals surface area contributed by atoms with Crippen LogP contribution in [-0.4, -0.2) is 36.0 Å². The summed E-state index contributed by atoms with van der Waals surface area (Å²) in [6.07, 6.45) is -0.175. The second-order valence-corrected chi connectivity index (χ2v) is 4.12. The molecule has 4 nitrogen and oxygen atoms in total. The Hall–Kier alpha value is 0.120. The molecule has 0 N–H and O–H groups in total. The third-order valence-corrected chi connectivity index (χ3v) is 2.61. The van der Waals surface area contributed by atoms with Crippen molar-refractivity contribution >= 4 is 28.6 Å². The van der Waals surface area contributed by atoms with Crippen LogP contribution in [0.25, 0.3) is 0 Å². The van der Waals surface area contributed by atoms with Gasteiger partial charge in [0, 0.05) is 6.92 Å². The largest absolute Gasteiger partial charge is 0.459 e. The van der Waals surface area contributed by atoms with E-state index in [1.165, 1.54) is 6.92 Å². The number of alkyl halides is 1. The highest BCUT2D eigenvalue weighted by Crippen LogP contribution is 2.14. The van der Waals surface area contributed by atoms with Crippen LogP contribution in [0.1, 0.15) is 6.92 Å². The second kappa shape index (κ2) is 4.98. The SMILES string of the molecule is CC(=O)O[C@@H]1COCOC[C@H]1I. The Morgan fingerprint density at radius 1 is 1.50 bits per heavy atom. The minimum Gasteiger partial charge on any atom is -0.459 e. The molecule has 1 fully saturated rings. The smallest absolute Gasteiger partial charge is 0.303 e. The molecule has 0 aromatic carbocycles. The number of carbonyl (C=O) groups is 1. The van der Waals surface area contributed by atoms with Crippen molar-refractivity contribution in [3.8, 4) is 0 Å². The molecule has 2 atom stereocenters. The van der Waals surface area contributed by atoms with Gasteiger partial charge in [-0.3, -0.25) is 4.79 Å². The number of rotatable bonds is 1. The van der Waals surface area contributed by atoms with Crippen molar-refractivity contribution in [3.05, 3.63) is 0 Å². The molecule has 0 saturated carbocycles. The van der Waals surface area contributed by atoms with Crippen molar-refractivity contribution in [1.29, 1.82) is 0 Å². The second-order valence-electron chi connectivity index (χ2n) is 2.52. The summed E-state index contributed by atoms with van der Waals surface area (Å²) in [6, 6.07) is 0. The van der Waals surface area contributed by atoms with E-state index in [0.717, 1.165) is 0 Å². The molecular weight excluding hydrogens is 275 g/mol. The summed E-state index contributed by atoms with van der Waals surface area (Å²) in [4.78, 5) is 10.6. The molecule has 1 rings (SSSR count). The molecule has 0 aliphatic carbocycles. The molecule has 0 aromatic rings. The molecule has 1 saturated heterocycles. The minimum atomic E-state index is -0.271. The summed E-state index contributed by atoms with van der Waals surface area (Å²) in [5.74, 6) is -0.271. The third-order valence-electron chi connectivity index (χ3n) is 1.45. The lowest BCUT2D eigenvalue weighted by Gasteiger charge is -2.17. The van der Waals surface area contributed by atoms with E-state index in [2.05, 4.69) is 22.6 Å². The highest BCUT2D eigenvalue weighted by molar-refractivity contribution is 14.1. The molecule has 0 unspecified atom stereocenters. The Labute approximate surface area is 84.7 Å². The Kier molecular flexibility index (Phi) is 4.24. The van der Waals surface area contributed by atoms with E-state index in [1.54, 1.807) is 0 Å². The third kappa shape index (κ3) is 3.24. The van der Waals surface area contributed by atoms with Crippen molar-refractivity contribution in [2.75, 3.05) is 20.0 Å². The monoisotopic (exact) mass is 286 g/mol. The van der Waals surface area contributed by atoms with Crippen LogP contribution < -0.4 is 0 Å². The predicted molar refractivity (Wildman–Crippen MR) is 50.1 cm³/mol. The summed E-state index contributed by atoms with van der Waals surface area (Å²) < 4.78 is 15.4. The average molecular weight is 286 g/mol. The van der Waals surface area contributed by atoms with Crippen molar-refractivity contribution in [3.63, 3.8) is 0 Å². The first-order chi connectivity index (χ1) is 5.70. The molecule has 12 heavy (non-hydrogen) atoms. The van der Waals surface area contributed by atoms with E-state index in [4.69, 9.17) is 14.2 Å². The zero-order chi connectivity index (χ0) is 8.97. The Bertz CT molecular complexity index is 161. The number of ether oxygens (including phenoxy) is 3. The van der Waals surface area contributed by atoms with Gasteiger partial charge in [0.15, 0.2) is 0 Å². The molecule has 1 aliphatic heterocycles. The highest BCUT2D eigenvalue weighted by atomic mass is 127. The first-order valence-corrected chi connectivity index (χ1v) is 4.91. The van der Waals surface area contributed by atoms with Crippen LogP contribution >= 0.6 is 22.6 Å². The summed E-state index contributed by atoms with van der Waals surface area (Å²) >= 11 is 2.19. The van der Waals surface area contributed by atoms with Crippen LogP contribution in [0.4, 0.5) is 0 Å². The van der Waals surface area contributed by atoms with Gasteiger partial charge in [-0.15, -0.1) is 0 Å². The van der Waals surface area contributed by atoms with Crippen LogP contribution in [0.5, 0.6) is 0 Å². The van der Waals surface area contributed by atoms with Crippen LogP contribution in [0.3, 0.4) is 0 Å². The van der Waals surface area contributed by atoms with Gasteiger partial charge in [0.25, 0.3) is 0 Å². The van der Waals surface area contributed by atoms with Crippen molar-refractivity contribution in [2.45, 2.75) is 17.0 Å². The van der Waals surface area contributed by atoms with Gasteiger partial charge in [-0.1, -0.05) is 22.6 Å². The van der Waals surface area contributed by atoms with Crippen LogP contribution in [0.15, 0.2) is 0 Å². The Morgan fingerprint density at radius 3 is 2.83 bits per heavy atom. The molecule has 0 radical (unpaired) electrons. The van der Waals surface area contributed by atoms with Gasteiger partial charge in [-0.05, 0) is 0 Å². The molecular formula is C7H11IO4. The maximum absolute atomic E-state index is 10.6. The van der Waals surface area contributed by atoms with E-state index in [-0.39, 0.29) is 22.8 Å². The maximum Gasteiger partial charge on any atom is 0.303 e. The molecule has 5 heteroatoms. The van der Waals surface area contributed by atoms with Crippen molar-refractivity contribution < 1.29 is 19.0 Å². The molecule has 0 spiro atoms. The number of carbonyl (C=O) groups excluding carboxylic acids is 1. The molecule has 1 aliphatic rings. The quantitative estimate of drug-likeness (QED) is 0.405. The molecule has 0 aromatic heterocycles. The van der Waals surface area contributed by atoms with Crippen molar-refractivity contribution in [1.82, 2.24) is 0 Å². The fourth-order valence-electron chi connectivity index (χ4n) is 0.917. The number of hydrogen-bond acceptors (Lipinski definition) is 4. The van der Waals surface area contributed by atoms with E-state index >= 15 is 0 Å². The molecule has 0 bridgehead atoms. The maximum atomic E-state index is 10.6. The zero-order valence-corrected chi connectivity index (χ0v) is 8.94. The fourth-order valence-corrected chi connectivity index (χ4v) is 1.53. The molecule has 1 heterocycles. The number of esters is 1. The molecule has 0 amide bonds. The number of halogens is 1. The van der Waals surface area contributed by atoms with E-state index in [9.17, 15) is 4.79 Å². The average Bonchev–Trinajstić information content (AvgIpc) is 2.16. The van der Waals surface area contributed by atoms with E-state index in [1.807, 2.05) is 0 Å². The van der Waals surface area contributed by atoms with Crippen LogP contribution in [-0.2, 0) is 19.0 Å². The highest BCUT2D eigenvalue weighted by Gasteiger charge is 2.24. The molecule has 70 valence electrons. The van der Waals surface area contributed by atoms with Gasteiger partial charge in [0.05, 0.1) is 17.1 Å². The van der Waals surface area contributed by atoms with Gasteiger partial charge in [0.1, 0.15) is 12.9 Å². The summed E-state index contributed by atoms with van der Waals surface area (Å²) in [6.45, 7) is 2.68. The van der Waals surface area contributed by atoms with Gasteiger partial charge < -0.3 is 14.2 Å². The predicted octanol–water partition coefficient (Wildman–Crippen LogP) is 0.726. The first-order valence-electron chi connectivity index (χ1n) is 3.67. The van der Waals surface area contributed by atoms with Gasteiger partial charge >= 0.3 is 5.97 Å². The van der Waals surface area contributed by atoms with Gasteiger partial charge in [0.2, 0.25) is 0 Å². The summed E-state index contributed by atoms with van der Waals surface area (Å²) in [5, 5.41) is 0. The van der Waals surface area contributed by atoms with Gasteiger partial charge in [-0.25, -0.2) is 0 Å². The fraction of sp³-hybridized carbons (Fsp3) is 0.857. The van der Waals surface area contributed by atoms with E-state index < -0.39 is 0 Å². The van der Waals surface area contributed by atoms with Crippen molar-refractivity contribution in [2.24, 2.45) is 0 Å². The van der Waals surface area contributed by atoms with Crippen LogP contribution in [0.2, 0.25) is 0 Å².